The van der Waals surface area contributed by atoms with Crippen molar-refractivity contribution < 1.29 is 45.8 Å². The van der Waals surface area contributed by atoms with Gasteiger partial charge in [0.05, 0.1) is 28.9 Å². The number of ether oxygens (including phenoxy) is 1. The van der Waals surface area contributed by atoms with Crippen LogP contribution in [-0.4, -0.2) is 60.4 Å². The summed E-state index contributed by atoms with van der Waals surface area (Å²) in [6, 6.07) is 5.63. The van der Waals surface area contributed by atoms with Gasteiger partial charge in [-0.3, -0.25) is 4.68 Å². The number of carboxylic acid groups (broad SMARTS) is 1. The fourth-order valence-electron chi connectivity index (χ4n) is 5.44. The van der Waals surface area contributed by atoms with Crippen molar-refractivity contribution in [2.24, 2.45) is 7.05 Å². The number of aromatic nitrogens is 4. The van der Waals surface area contributed by atoms with E-state index in [1.165, 1.54) is 46.5 Å². The van der Waals surface area contributed by atoms with Crippen LogP contribution < -0.4 is 9.64 Å². The number of hydrogen-bond acceptors (Lipinski definition) is 7. The lowest BCUT2D eigenvalue weighted by atomic mass is 10.0. The first-order chi connectivity index (χ1) is 22.1. The van der Waals surface area contributed by atoms with Gasteiger partial charge in [-0.1, -0.05) is 13.0 Å². The van der Waals surface area contributed by atoms with E-state index in [1.807, 2.05) is 6.92 Å². The maximum atomic E-state index is 13.7. The maximum absolute atomic E-state index is 13.7. The topological polar surface area (TPSA) is 114 Å². The highest BCUT2D eigenvalue weighted by atomic mass is 19.4. The highest BCUT2D eigenvalue weighted by Crippen LogP contribution is 2.37. The first-order valence-corrected chi connectivity index (χ1v) is 14.3. The number of hydrogen-bond donors (Lipinski definition) is 1. The number of aromatic carboxylic acids is 1. The molecule has 5 rings (SSSR count). The number of benzene rings is 2. The Hall–Kier alpha value is -5.15. The second kappa shape index (κ2) is 12.9. The SMILES string of the molecule is CC[C@@H]1C[C@H](N(Cc2cc(C(F)(F)F)cc(C(F)(F)F)c2)c2ncc(-c3cnn(C)c3)cn2)CN1C(=O)Oc1cccc(C(=O)O)c1. The molecule has 16 heteroatoms. The molecule has 1 N–H and O–H groups in total. The van der Waals surface area contributed by atoms with Crippen molar-refractivity contribution in [1.29, 1.82) is 0 Å². The molecule has 0 spiro atoms. The van der Waals surface area contributed by atoms with Gasteiger partial charge in [0.2, 0.25) is 5.95 Å². The number of carboxylic acids is 1. The molecular weight excluding hydrogens is 634 g/mol. The van der Waals surface area contributed by atoms with E-state index < -0.39 is 54.2 Å². The normalized spacial score (nSPS) is 16.7. The standard InChI is InChI=1S/C31H28F6N6O4/c1-3-24-11-25(17-43(24)29(46)47-26-6-4-5-19(9-26)27(44)45)42(28-38-12-20(13-39-28)21-14-40-41(2)16-21)15-18-7-22(30(32,33)34)10-23(8-18)31(35,36)37/h4-10,12-14,16,24-25H,3,11,15,17H2,1-2H3,(H,44,45)/t24-,25+/m1/s1. The maximum Gasteiger partial charge on any atom is 0.416 e. The van der Waals surface area contributed by atoms with Gasteiger partial charge in [-0.2, -0.15) is 31.4 Å². The van der Waals surface area contributed by atoms with Gasteiger partial charge in [0.25, 0.3) is 0 Å². The minimum absolute atomic E-state index is 0.0111. The highest BCUT2D eigenvalue weighted by molar-refractivity contribution is 5.88. The minimum atomic E-state index is -5.04. The molecule has 1 amide bonds. The van der Waals surface area contributed by atoms with Crippen LogP contribution >= 0.6 is 0 Å². The van der Waals surface area contributed by atoms with Crippen molar-refractivity contribution in [1.82, 2.24) is 24.6 Å². The van der Waals surface area contributed by atoms with Crippen LogP contribution in [0, 0.1) is 0 Å². The van der Waals surface area contributed by atoms with E-state index in [2.05, 4.69) is 15.1 Å². The number of anilines is 1. The monoisotopic (exact) mass is 662 g/mol. The second-order valence-electron chi connectivity index (χ2n) is 11.0. The Balaban J connectivity index is 1.49. The van der Waals surface area contributed by atoms with E-state index in [4.69, 9.17) is 4.74 Å². The van der Waals surface area contributed by atoms with Crippen molar-refractivity contribution in [3.8, 4) is 16.9 Å². The molecule has 3 heterocycles. The van der Waals surface area contributed by atoms with Crippen LogP contribution in [-0.2, 0) is 25.9 Å². The molecule has 47 heavy (non-hydrogen) atoms. The molecule has 1 aliphatic rings. The van der Waals surface area contributed by atoms with Crippen LogP contribution in [0.1, 0.15) is 46.8 Å². The van der Waals surface area contributed by atoms with Crippen molar-refractivity contribution >= 4 is 18.0 Å². The van der Waals surface area contributed by atoms with Crippen LogP contribution in [0.3, 0.4) is 0 Å². The van der Waals surface area contributed by atoms with Gasteiger partial charge >= 0.3 is 24.4 Å². The molecule has 248 valence electrons. The van der Waals surface area contributed by atoms with Crippen LogP contribution in [0.4, 0.5) is 37.1 Å². The summed E-state index contributed by atoms with van der Waals surface area (Å²) in [7, 11) is 1.72. The molecule has 0 aliphatic carbocycles. The average Bonchev–Trinajstić information content (AvgIpc) is 3.65. The number of alkyl halides is 6. The molecule has 2 aromatic carbocycles. The number of carbonyl (C=O) groups excluding carboxylic acids is 1. The molecule has 1 fully saturated rings. The lowest BCUT2D eigenvalue weighted by molar-refractivity contribution is -0.143. The van der Waals surface area contributed by atoms with Crippen LogP contribution in [0.2, 0.25) is 0 Å². The summed E-state index contributed by atoms with van der Waals surface area (Å²) < 4.78 is 89.1. The van der Waals surface area contributed by atoms with Crippen molar-refractivity contribution in [2.75, 3.05) is 11.4 Å². The van der Waals surface area contributed by atoms with Gasteiger partial charge in [-0.15, -0.1) is 0 Å². The van der Waals surface area contributed by atoms with E-state index in [0.29, 0.717) is 29.7 Å². The number of halogens is 6. The molecule has 2 aromatic heterocycles. The first kappa shape index (κ1) is 33.2. The molecule has 1 aliphatic heterocycles. The molecule has 1 saturated heterocycles. The van der Waals surface area contributed by atoms with Crippen LogP contribution in [0.25, 0.3) is 11.1 Å². The number of aryl methyl sites for hydroxylation is 1. The van der Waals surface area contributed by atoms with Gasteiger partial charge in [-0.25, -0.2) is 19.6 Å². The molecule has 0 unspecified atom stereocenters. The predicted molar refractivity (Wildman–Crippen MR) is 155 cm³/mol. The minimum Gasteiger partial charge on any atom is -0.478 e. The van der Waals surface area contributed by atoms with Crippen LogP contribution in [0.15, 0.2) is 67.3 Å². The largest absolute Gasteiger partial charge is 0.478 e. The van der Waals surface area contributed by atoms with Crippen LogP contribution in [0.5, 0.6) is 5.75 Å². The number of amides is 1. The average molecular weight is 663 g/mol. The van der Waals surface area contributed by atoms with E-state index in [9.17, 15) is 41.0 Å². The van der Waals surface area contributed by atoms with Gasteiger partial charge < -0.3 is 19.6 Å². The Bertz CT molecular complexity index is 1730. The second-order valence-corrected chi connectivity index (χ2v) is 11.0. The van der Waals surface area contributed by atoms with Gasteiger partial charge in [0.1, 0.15) is 5.75 Å². The zero-order valence-electron chi connectivity index (χ0n) is 25.0. The summed E-state index contributed by atoms with van der Waals surface area (Å²) in [5.41, 5.74) is -2.04. The predicted octanol–water partition coefficient (Wildman–Crippen LogP) is 6.67. The van der Waals surface area contributed by atoms with E-state index >= 15 is 0 Å². The molecule has 2 atom stereocenters. The van der Waals surface area contributed by atoms with E-state index in [-0.39, 0.29) is 41.9 Å². The summed E-state index contributed by atoms with van der Waals surface area (Å²) in [5, 5.41) is 13.4. The first-order valence-electron chi connectivity index (χ1n) is 14.3. The molecule has 0 bridgehead atoms. The third kappa shape index (κ3) is 7.64. The summed E-state index contributed by atoms with van der Waals surface area (Å²) in [4.78, 5) is 36.3. The summed E-state index contributed by atoms with van der Waals surface area (Å²) in [6.45, 7) is 1.34. The Labute approximate surface area is 264 Å². The Morgan fingerprint density at radius 3 is 2.19 bits per heavy atom. The molecular formula is C31H28F6N6O4. The van der Waals surface area contributed by atoms with E-state index in [0.717, 1.165) is 0 Å². The molecule has 0 saturated carbocycles. The molecule has 10 nitrogen and oxygen atoms in total. The number of likely N-dealkylation sites (tertiary alicyclic amines) is 1. The number of nitrogens with zero attached hydrogens (tertiary/aromatic N) is 6. The number of rotatable bonds is 8. The highest BCUT2D eigenvalue weighted by Gasteiger charge is 2.41. The quantitative estimate of drug-likeness (QED) is 0.208. The van der Waals surface area contributed by atoms with Crippen molar-refractivity contribution in [2.45, 2.75) is 50.7 Å². The number of carbonyl (C=O) groups is 2. The van der Waals surface area contributed by atoms with Crippen molar-refractivity contribution in [3.05, 3.63) is 89.5 Å². The fourth-order valence-corrected chi connectivity index (χ4v) is 5.44. The summed E-state index contributed by atoms with van der Waals surface area (Å²) in [5.74, 6) is -1.21. The van der Waals surface area contributed by atoms with Crippen molar-refractivity contribution in [3.63, 3.8) is 0 Å². The Morgan fingerprint density at radius 1 is 0.979 bits per heavy atom. The zero-order chi connectivity index (χ0) is 34.1. The van der Waals surface area contributed by atoms with E-state index in [1.54, 1.807) is 24.1 Å². The Kier molecular flexibility index (Phi) is 9.13. The van der Waals surface area contributed by atoms with Gasteiger partial charge in [0.15, 0.2) is 0 Å². The molecule has 4 aromatic rings. The Morgan fingerprint density at radius 2 is 1.64 bits per heavy atom. The third-order valence-electron chi connectivity index (χ3n) is 7.76. The lowest BCUT2D eigenvalue weighted by Gasteiger charge is -2.29. The third-order valence-corrected chi connectivity index (χ3v) is 7.76. The fraction of sp³-hybridized carbons (Fsp3) is 0.323. The summed E-state index contributed by atoms with van der Waals surface area (Å²) in [6.07, 6.45) is -3.94. The molecule has 0 radical (unpaired) electrons. The van der Waals surface area contributed by atoms with Gasteiger partial charge in [-0.05, 0) is 54.8 Å². The summed E-state index contributed by atoms with van der Waals surface area (Å²) >= 11 is 0. The zero-order valence-corrected chi connectivity index (χ0v) is 25.0. The smallest absolute Gasteiger partial charge is 0.416 e. The van der Waals surface area contributed by atoms with Gasteiger partial charge in [0, 0.05) is 55.9 Å². The lowest BCUT2D eigenvalue weighted by Crippen LogP contribution is -2.41.